The van der Waals surface area contributed by atoms with E-state index in [1.807, 2.05) is 17.8 Å². The topological polar surface area (TPSA) is 108 Å². The van der Waals surface area contributed by atoms with Crippen molar-refractivity contribution in [3.8, 4) is 37.0 Å². The molecule has 108 valence electrons. The highest BCUT2D eigenvalue weighted by Gasteiger charge is 2.38. The minimum absolute atomic E-state index is 0.555. The number of amides is 1. The number of carbonyl (C=O) groups is 1. The molecule has 0 atom stereocenters. The van der Waals surface area contributed by atoms with Crippen LogP contribution in [0.1, 0.15) is 0 Å². The third kappa shape index (κ3) is 6.40. The second kappa shape index (κ2) is 8.39. The molecular formula is C10H10NO7PS. The molecule has 0 unspecified atom stereocenters. The molecule has 0 spiro atoms. The Labute approximate surface area is 117 Å². The Hall–Kier alpha value is -1.79. The van der Waals surface area contributed by atoms with Crippen molar-refractivity contribution in [3.05, 3.63) is 0 Å². The zero-order chi connectivity index (χ0) is 15.6. The Balaban J connectivity index is 4.99. The Morgan fingerprint density at radius 1 is 1.05 bits per heavy atom. The average molecular weight is 319 g/mol. The van der Waals surface area contributed by atoms with Crippen molar-refractivity contribution >= 4 is 23.5 Å². The van der Waals surface area contributed by atoms with E-state index >= 15 is 0 Å². The van der Waals surface area contributed by atoms with Gasteiger partial charge in [-0.1, -0.05) is 17.8 Å². The monoisotopic (exact) mass is 319 g/mol. The van der Waals surface area contributed by atoms with Crippen molar-refractivity contribution in [2.45, 2.75) is 0 Å². The van der Waals surface area contributed by atoms with Crippen molar-refractivity contribution in [3.63, 3.8) is 0 Å². The van der Waals surface area contributed by atoms with E-state index < -0.39 is 43.4 Å². The van der Waals surface area contributed by atoms with E-state index in [1.54, 1.807) is 0 Å². The van der Waals surface area contributed by atoms with Crippen LogP contribution in [0.4, 0.5) is 4.79 Å². The van der Waals surface area contributed by atoms with Crippen molar-refractivity contribution in [1.82, 2.24) is 4.72 Å². The van der Waals surface area contributed by atoms with Gasteiger partial charge >= 0.3 is 23.5 Å². The highest BCUT2D eigenvalue weighted by atomic mass is 32.2. The average Bonchev–Trinajstić information content (AvgIpc) is 2.40. The summed E-state index contributed by atoms with van der Waals surface area (Å²) in [6.07, 6.45) is 14.5. The predicted octanol–water partition coefficient (Wildman–Crippen LogP) is 0.0833. The van der Waals surface area contributed by atoms with Crippen LogP contribution in [0.25, 0.3) is 0 Å². The van der Waals surface area contributed by atoms with E-state index in [0.29, 0.717) is 0 Å². The fraction of sp³-hybridized carbons (Fsp3) is 0.300. The first-order valence-electron chi connectivity index (χ1n) is 4.72. The molecule has 0 radical (unpaired) electrons. The summed E-state index contributed by atoms with van der Waals surface area (Å²) in [5, 5.41) is 0. The van der Waals surface area contributed by atoms with Gasteiger partial charge in [-0.3, -0.25) is 13.8 Å². The largest absolute Gasteiger partial charge is 0.421 e. The molecule has 20 heavy (non-hydrogen) atoms. The zero-order valence-electron chi connectivity index (χ0n) is 10.1. The third-order valence-electron chi connectivity index (χ3n) is 1.39. The summed E-state index contributed by atoms with van der Waals surface area (Å²) >= 11 is 0. The standard InChI is InChI=1S/C10H10NO7PS/c1-4-7-16-19(13,17-8-5-2)10(12)11-20(14,15)18-9-6-3/h1-3H,7-9H2,(H,11,12). The number of hydrogen-bond acceptors (Lipinski definition) is 7. The molecule has 0 fully saturated rings. The van der Waals surface area contributed by atoms with E-state index in [-0.39, 0.29) is 0 Å². The summed E-state index contributed by atoms with van der Waals surface area (Å²) in [6, 6.07) is 0. The fourth-order valence-corrected chi connectivity index (χ4v) is 2.78. The first-order chi connectivity index (χ1) is 9.31. The Morgan fingerprint density at radius 3 is 1.90 bits per heavy atom. The van der Waals surface area contributed by atoms with E-state index in [4.69, 9.17) is 19.3 Å². The molecule has 0 heterocycles. The minimum Gasteiger partial charge on any atom is -0.289 e. The summed E-state index contributed by atoms with van der Waals surface area (Å²) in [5.74, 6) is 5.74. The van der Waals surface area contributed by atoms with Gasteiger partial charge in [-0.05, 0) is 0 Å². The number of rotatable bonds is 8. The maximum absolute atomic E-state index is 12.0. The van der Waals surface area contributed by atoms with Crippen LogP contribution in [0, 0.1) is 37.0 Å². The second-order valence-corrected chi connectivity index (χ2v) is 6.05. The van der Waals surface area contributed by atoms with Gasteiger partial charge in [0.15, 0.2) is 0 Å². The van der Waals surface area contributed by atoms with Gasteiger partial charge in [0.2, 0.25) is 0 Å². The maximum Gasteiger partial charge on any atom is 0.421 e. The van der Waals surface area contributed by atoms with E-state index in [9.17, 15) is 17.8 Å². The molecule has 0 aromatic rings. The zero-order valence-corrected chi connectivity index (χ0v) is 11.8. The maximum atomic E-state index is 12.0. The molecule has 1 amide bonds. The van der Waals surface area contributed by atoms with Crippen LogP contribution in [0.15, 0.2) is 0 Å². The van der Waals surface area contributed by atoms with Crippen LogP contribution < -0.4 is 4.72 Å². The summed E-state index contributed by atoms with van der Waals surface area (Å²) in [6.45, 7) is -1.73. The van der Waals surface area contributed by atoms with Crippen LogP contribution in [-0.2, 0) is 28.1 Å². The summed E-state index contributed by atoms with van der Waals surface area (Å²) in [7, 11) is -9.07. The van der Waals surface area contributed by atoms with Gasteiger partial charge in [0.25, 0.3) is 0 Å². The van der Waals surface area contributed by atoms with Gasteiger partial charge in [-0.2, -0.15) is 8.42 Å². The van der Waals surface area contributed by atoms with Gasteiger partial charge < -0.3 is 0 Å². The number of hydrogen-bond donors (Lipinski definition) is 1. The van der Waals surface area contributed by atoms with Gasteiger partial charge in [0.1, 0.15) is 19.8 Å². The lowest BCUT2D eigenvalue weighted by atomic mass is 10.8. The molecule has 0 aliphatic heterocycles. The van der Waals surface area contributed by atoms with Crippen LogP contribution in [0.2, 0.25) is 0 Å². The SMILES string of the molecule is C#CCOP(=O)(OCC#C)C(=O)NS(=O)(=O)OCC#C. The molecule has 0 aliphatic carbocycles. The normalized spacial score (nSPS) is 10.8. The molecule has 10 heteroatoms. The summed E-state index contributed by atoms with van der Waals surface area (Å²) in [4.78, 5) is 11.6. The number of nitrogens with one attached hydrogen (secondary N) is 1. The van der Waals surface area contributed by atoms with Gasteiger partial charge in [0.05, 0.1) is 0 Å². The van der Waals surface area contributed by atoms with Crippen LogP contribution in [-0.4, -0.2) is 33.9 Å². The van der Waals surface area contributed by atoms with Gasteiger partial charge in [0, 0.05) is 0 Å². The first kappa shape index (κ1) is 18.2. The van der Waals surface area contributed by atoms with Gasteiger partial charge in [-0.25, -0.2) is 13.5 Å². The molecule has 1 N–H and O–H groups in total. The van der Waals surface area contributed by atoms with Gasteiger partial charge in [-0.15, -0.1) is 19.3 Å². The van der Waals surface area contributed by atoms with E-state index in [0.717, 1.165) is 0 Å². The highest BCUT2D eigenvalue weighted by molar-refractivity contribution is 7.87. The lowest BCUT2D eigenvalue weighted by Gasteiger charge is -2.15. The molecule has 0 bridgehead atoms. The molecule has 0 rings (SSSR count). The van der Waals surface area contributed by atoms with E-state index in [1.165, 1.54) is 4.72 Å². The molecule has 0 saturated heterocycles. The number of terminal acetylenes is 3. The quantitative estimate of drug-likeness (QED) is 0.498. The van der Waals surface area contributed by atoms with E-state index in [2.05, 4.69) is 13.2 Å². The lowest BCUT2D eigenvalue weighted by molar-refractivity contribution is 0.222. The second-order valence-electron chi connectivity index (χ2n) is 2.78. The molecule has 8 nitrogen and oxygen atoms in total. The highest BCUT2D eigenvalue weighted by Crippen LogP contribution is 2.48. The minimum atomic E-state index is -4.55. The lowest BCUT2D eigenvalue weighted by Crippen LogP contribution is -2.32. The molecule has 0 aliphatic rings. The molecule has 0 aromatic heterocycles. The smallest absolute Gasteiger partial charge is 0.289 e. The van der Waals surface area contributed by atoms with Crippen molar-refractivity contribution < 1.29 is 31.0 Å². The Bertz CT molecular complexity index is 597. The summed E-state index contributed by atoms with van der Waals surface area (Å²) in [5.41, 5.74) is -1.60. The van der Waals surface area contributed by atoms with Crippen molar-refractivity contribution in [2.24, 2.45) is 0 Å². The Morgan fingerprint density at radius 2 is 1.50 bits per heavy atom. The first-order valence-corrected chi connectivity index (χ1v) is 7.67. The molecular weight excluding hydrogens is 309 g/mol. The van der Waals surface area contributed by atoms with Crippen LogP contribution in [0.5, 0.6) is 0 Å². The summed E-state index contributed by atoms with van der Waals surface area (Å²) < 4.78 is 48.9. The van der Waals surface area contributed by atoms with Crippen molar-refractivity contribution in [1.29, 1.82) is 0 Å². The van der Waals surface area contributed by atoms with Crippen molar-refractivity contribution in [2.75, 3.05) is 19.8 Å². The van der Waals surface area contributed by atoms with Crippen LogP contribution >= 0.6 is 7.60 Å². The predicted molar refractivity (Wildman–Crippen MR) is 69.4 cm³/mol. The van der Waals surface area contributed by atoms with Crippen LogP contribution in [0.3, 0.4) is 0 Å². The fourth-order valence-electron chi connectivity index (χ4n) is 0.703. The Kier molecular flexibility index (Phi) is 7.64. The molecule has 0 aromatic carbocycles. The molecule has 0 saturated carbocycles. The number of carbonyl (C=O) groups excluding carboxylic acids is 1. The third-order valence-corrected chi connectivity index (χ3v) is 3.96.